The third-order valence-corrected chi connectivity index (χ3v) is 5.12. The summed E-state index contributed by atoms with van der Waals surface area (Å²) in [4.78, 5) is 28.8. The van der Waals surface area contributed by atoms with Crippen LogP contribution in [-0.4, -0.2) is 60.9 Å². The number of piperazine rings is 1. The van der Waals surface area contributed by atoms with Crippen molar-refractivity contribution < 1.29 is 14.3 Å². The highest BCUT2D eigenvalue weighted by atomic mass is 35.5. The van der Waals surface area contributed by atoms with E-state index in [4.69, 9.17) is 16.3 Å². The van der Waals surface area contributed by atoms with Crippen molar-refractivity contribution in [1.29, 1.82) is 0 Å². The summed E-state index contributed by atoms with van der Waals surface area (Å²) in [5.41, 5.74) is 1.71. The maximum atomic E-state index is 12.4. The molecule has 0 unspecified atom stereocenters. The first kappa shape index (κ1) is 21.1. The Balaban J connectivity index is 1.41. The molecule has 7 heteroatoms. The molecule has 6 nitrogen and oxygen atoms in total. The monoisotopic (exact) mass is 415 g/mol. The molecule has 1 saturated heterocycles. The number of amides is 2. The highest BCUT2D eigenvalue weighted by molar-refractivity contribution is 6.30. The Kier molecular flexibility index (Phi) is 7.49. The van der Waals surface area contributed by atoms with E-state index in [1.54, 1.807) is 29.2 Å². The fraction of sp³-hybridized carbons (Fsp3) is 0.364. The molecule has 0 radical (unpaired) electrons. The van der Waals surface area contributed by atoms with Gasteiger partial charge in [-0.1, -0.05) is 23.7 Å². The molecule has 2 aromatic rings. The van der Waals surface area contributed by atoms with Crippen LogP contribution in [0.5, 0.6) is 5.75 Å². The minimum absolute atomic E-state index is 0.00320. The van der Waals surface area contributed by atoms with Gasteiger partial charge < -0.3 is 15.0 Å². The van der Waals surface area contributed by atoms with Crippen LogP contribution in [-0.2, 0) is 11.3 Å². The first-order chi connectivity index (χ1) is 14.0. The van der Waals surface area contributed by atoms with Gasteiger partial charge in [-0.3, -0.25) is 14.5 Å². The zero-order valence-electron chi connectivity index (χ0n) is 16.6. The number of nitrogens with zero attached hydrogens (tertiary/aromatic N) is 2. The Morgan fingerprint density at radius 1 is 1.00 bits per heavy atom. The van der Waals surface area contributed by atoms with Crippen molar-refractivity contribution in [2.75, 3.05) is 39.3 Å². The van der Waals surface area contributed by atoms with Crippen LogP contribution in [0.25, 0.3) is 0 Å². The summed E-state index contributed by atoms with van der Waals surface area (Å²) < 4.78 is 5.37. The number of benzene rings is 2. The summed E-state index contributed by atoms with van der Waals surface area (Å²) in [7, 11) is 0. The third kappa shape index (κ3) is 6.21. The normalized spacial score (nSPS) is 14.5. The summed E-state index contributed by atoms with van der Waals surface area (Å²) >= 11 is 5.93. The van der Waals surface area contributed by atoms with Crippen molar-refractivity contribution >= 4 is 23.4 Å². The number of nitrogens with one attached hydrogen (secondary N) is 1. The van der Waals surface area contributed by atoms with Gasteiger partial charge in [-0.05, 0) is 48.9 Å². The summed E-state index contributed by atoms with van der Waals surface area (Å²) in [6, 6.07) is 14.7. The molecule has 0 saturated carbocycles. The molecule has 0 spiro atoms. The summed E-state index contributed by atoms with van der Waals surface area (Å²) in [5.74, 6) is 0.398. The summed E-state index contributed by atoms with van der Waals surface area (Å²) in [6.07, 6.45) is 0. The van der Waals surface area contributed by atoms with E-state index in [-0.39, 0.29) is 18.4 Å². The van der Waals surface area contributed by atoms with Gasteiger partial charge in [-0.2, -0.15) is 0 Å². The molecule has 29 heavy (non-hydrogen) atoms. The van der Waals surface area contributed by atoms with Crippen LogP contribution in [0.4, 0.5) is 0 Å². The van der Waals surface area contributed by atoms with E-state index in [1.807, 2.05) is 31.2 Å². The van der Waals surface area contributed by atoms with E-state index >= 15 is 0 Å². The molecule has 1 aliphatic heterocycles. The molecule has 0 bridgehead atoms. The largest absolute Gasteiger partial charge is 0.494 e. The molecule has 0 aliphatic carbocycles. The minimum atomic E-state index is -0.261. The predicted octanol–water partition coefficient (Wildman–Crippen LogP) is 2.81. The number of carbonyl (C=O) groups excluding carboxylic acids is 2. The van der Waals surface area contributed by atoms with Crippen molar-refractivity contribution in [1.82, 2.24) is 15.1 Å². The summed E-state index contributed by atoms with van der Waals surface area (Å²) in [6.45, 7) is 6.26. The Labute approximate surface area is 176 Å². The Morgan fingerprint density at radius 3 is 2.28 bits per heavy atom. The second-order valence-corrected chi connectivity index (χ2v) is 7.36. The molecule has 1 heterocycles. The zero-order chi connectivity index (χ0) is 20.6. The molecule has 2 amide bonds. The predicted molar refractivity (Wildman–Crippen MR) is 113 cm³/mol. The van der Waals surface area contributed by atoms with Gasteiger partial charge >= 0.3 is 0 Å². The minimum Gasteiger partial charge on any atom is -0.494 e. The lowest BCUT2D eigenvalue weighted by Crippen LogP contribution is -2.50. The van der Waals surface area contributed by atoms with Gasteiger partial charge in [-0.15, -0.1) is 0 Å². The van der Waals surface area contributed by atoms with E-state index in [0.717, 1.165) is 30.4 Å². The van der Waals surface area contributed by atoms with E-state index in [9.17, 15) is 9.59 Å². The molecule has 154 valence electrons. The SMILES string of the molecule is CCOc1ccc(C(=O)NCC(=O)N2CCN(Cc3ccc(Cl)cc3)CC2)cc1. The van der Waals surface area contributed by atoms with Gasteiger partial charge in [0.15, 0.2) is 0 Å². The highest BCUT2D eigenvalue weighted by Gasteiger charge is 2.21. The number of ether oxygens (including phenoxy) is 1. The first-order valence-corrected chi connectivity index (χ1v) is 10.2. The Bertz CT molecular complexity index is 816. The standard InChI is InChI=1S/C22H26ClN3O3/c1-2-29-20-9-5-18(6-10-20)22(28)24-15-21(27)26-13-11-25(12-14-26)16-17-3-7-19(23)8-4-17/h3-10H,2,11-16H2,1H3,(H,24,28). The smallest absolute Gasteiger partial charge is 0.251 e. The molecule has 0 atom stereocenters. The number of carbonyl (C=O) groups is 2. The van der Waals surface area contributed by atoms with Crippen LogP contribution >= 0.6 is 11.6 Å². The van der Waals surface area contributed by atoms with Gasteiger partial charge in [0.1, 0.15) is 5.75 Å². The second-order valence-electron chi connectivity index (χ2n) is 6.92. The molecule has 2 aromatic carbocycles. The maximum Gasteiger partial charge on any atom is 0.251 e. The van der Waals surface area contributed by atoms with E-state index in [0.29, 0.717) is 25.3 Å². The second kappa shape index (κ2) is 10.3. The van der Waals surface area contributed by atoms with Crippen LogP contribution < -0.4 is 10.1 Å². The van der Waals surface area contributed by atoms with Crippen LogP contribution in [0, 0.1) is 0 Å². The first-order valence-electron chi connectivity index (χ1n) is 9.81. The Morgan fingerprint density at radius 2 is 1.66 bits per heavy atom. The van der Waals surface area contributed by atoms with E-state index in [1.165, 1.54) is 5.56 Å². The molecular weight excluding hydrogens is 390 g/mol. The third-order valence-electron chi connectivity index (χ3n) is 4.87. The molecule has 1 aliphatic rings. The lowest BCUT2D eigenvalue weighted by atomic mass is 10.2. The van der Waals surface area contributed by atoms with Crippen LogP contribution in [0.1, 0.15) is 22.8 Å². The Hall–Kier alpha value is -2.57. The van der Waals surface area contributed by atoms with E-state index < -0.39 is 0 Å². The number of hydrogen-bond donors (Lipinski definition) is 1. The van der Waals surface area contributed by atoms with Crippen LogP contribution in [0.3, 0.4) is 0 Å². The molecule has 1 fully saturated rings. The average Bonchev–Trinajstić information content (AvgIpc) is 2.75. The lowest BCUT2D eigenvalue weighted by molar-refractivity contribution is -0.131. The number of rotatable bonds is 7. The van der Waals surface area contributed by atoms with Crippen molar-refractivity contribution in [2.24, 2.45) is 0 Å². The topological polar surface area (TPSA) is 61.9 Å². The highest BCUT2D eigenvalue weighted by Crippen LogP contribution is 2.14. The molecule has 0 aromatic heterocycles. The zero-order valence-corrected chi connectivity index (χ0v) is 17.3. The molecular formula is C22H26ClN3O3. The van der Waals surface area contributed by atoms with Crippen LogP contribution in [0.2, 0.25) is 5.02 Å². The number of halogens is 1. The summed E-state index contributed by atoms with van der Waals surface area (Å²) in [5, 5.41) is 3.44. The fourth-order valence-electron chi connectivity index (χ4n) is 3.24. The van der Waals surface area contributed by atoms with Crippen molar-refractivity contribution in [3.8, 4) is 5.75 Å². The van der Waals surface area contributed by atoms with Gasteiger partial charge in [0.25, 0.3) is 5.91 Å². The van der Waals surface area contributed by atoms with E-state index in [2.05, 4.69) is 10.2 Å². The van der Waals surface area contributed by atoms with Gasteiger partial charge in [0, 0.05) is 43.3 Å². The average molecular weight is 416 g/mol. The van der Waals surface area contributed by atoms with Gasteiger partial charge in [-0.25, -0.2) is 0 Å². The quantitative estimate of drug-likeness (QED) is 0.755. The molecule has 3 rings (SSSR count). The van der Waals surface area contributed by atoms with Crippen molar-refractivity contribution in [2.45, 2.75) is 13.5 Å². The fourth-order valence-corrected chi connectivity index (χ4v) is 3.37. The van der Waals surface area contributed by atoms with Crippen molar-refractivity contribution in [3.05, 3.63) is 64.7 Å². The lowest BCUT2D eigenvalue weighted by Gasteiger charge is -2.34. The maximum absolute atomic E-state index is 12.4. The molecule has 1 N–H and O–H groups in total. The van der Waals surface area contributed by atoms with Crippen LogP contribution in [0.15, 0.2) is 48.5 Å². The van der Waals surface area contributed by atoms with Gasteiger partial charge in [0.05, 0.1) is 13.2 Å². The van der Waals surface area contributed by atoms with Gasteiger partial charge in [0.2, 0.25) is 5.91 Å². The van der Waals surface area contributed by atoms with Crippen molar-refractivity contribution in [3.63, 3.8) is 0 Å². The number of hydrogen-bond acceptors (Lipinski definition) is 4.